The Morgan fingerprint density at radius 1 is 1.47 bits per heavy atom. The Bertz CT molecular complexity index is 437. The average molecular weight is 222 g/mol. The summed E-state index contributed by atoms with van der Waals surface area (Å²) >= 11 is 0. The summed E-state index contributed by atoms with van der Waals surface area (Å²) in [5.74, 6) is 0.710. The van der Waals surface area contributed by atoms with Crippen LogP contribution in [-0.2, 0) is 10.4 Å². The molecule has 0 saturated carbocycles. The first kappa shape index (κ1) is 12.9. The summed E-state index contributed by atoms with van der Waals surface area (Å²) in [5.41, 5.74) is 4.81. The molecule has 0 spiro atoms. The van der Waals surface area contributed by atoms with Gasteiger partial charge in [0.05, 0.1) is 0 Å². The van der Waals surface area contributed by atoms with Crippen LogP contribution in [0.15, 0.2) is 18.2 Å². The van der Waals surface area contributed by atoms with Gasteiger partial charge in [-0.25, -0.2) is 0 Å². The van der Waals surface area contributed by atoms with Crippen LogP contribution in [0.4, 0.5) is 0 Å². The van der Waals surface area contributed by atoms with Crippen molar-refractivity contribution in [3.8, 4) is 0 Å². The highest BCUT2D eigenvalue weighted by atomic mass is 14.3. The van der Waals surface area contributed by atoms with E-state index in [1.807, 2.05) is 0 Å². The van der Waals surface area contributed by atoms with Gasteiger partial charge in [-0.05, 0) is 11.4 Å². The van der Waals surface area contributed by atoms with E-state index >= 15 is 0 Å². The van der Waals surface area contributed by atoms with E-state index in [1.54, 1.807) is 16.7 Å². The Hall–Kier alpha value is -0.520. The second kappa shape index (κ2) is 4.00. The van der Waals surface area contributed by atoms with Crippen LogP contribution in [0.3, 0.4) is 0 Å². The van der Waals surface area contributed by atoms with E-state index in [1.165, 1.54) is 14.6 Å². The maximum atomic E-state index is 2.39. The lowest BCUT2D eigenvalue weighted by Crippen LogP contribution is -2.30. The zero-order chi connectivity index (χ0) is 12.8. The van der Waals surface area contributed by atoms with Crippen LogP contribution >= 0.6 is 0 Å². The van der Waals surface area contributed by atoms with Gasteiger partial charge in [-0.3, -0.25) is 0 Å². The van der Waals surface area contributed by atoms with Gasteiger partial charge in [-0.15, -0.1) is 0 Å². The minimum Gasteiger partial charge on any atom is -0.0892 e. The number of rotatable bonds is 2. The van der Waals surface area contributed by atoms with Crippen molar-refractivity contribution >= 4 is 30.3 Å². The van der Waals surface area contributed by atoms with E-state index in [9.17, 15) is 0 Å². The maximum Gasteiger partial charge on any atom is 0.132 e. The Labute approximate surface area is 109 Å². The van der Waals surface area contributed by atoms with Crippen molar-refractivity contribution in [3.05, 3.63) is 34.9 Å². The zero-order valence-electron chi connectivity index (χ0n) is 12.2. The molecule has 0 nitrogen and oxygen atoms in total. The smallest absolute Gasteiger partial charge is 0.0892 e. The monoisotopic (exact) mass is 222 g/mol. The molecule has 3 atom stereocenters. The van der Waals surface area contributed by atoms with Crippen molar-refractivity contribution in [1.29, 1.82) is 0 Å². The maximum absolute atomic E-state index is 2.39. The lowest BCUT2D eigenvalue weighted by Gasteiger charge is -2.28. The lowest BCUT2D eigenvalue weighted by atomic mass is 9.40. The minimum absolute atomic E-state index is 0.306. The van der Waals surface area contributed by atoms with Crippen molar-refractivity contribution in [2.24, 2.45) is 0 Å². The van der Waals surface area contributed by atoms with Gasteiger partial charge in [0, 0.05) is 0 Å². The van der Waals surface area contributed by atoms with Crippen LogP contribution in [0.5, 0.6) is 0 Å². The summed E-state index contributed by atoms with van der Waals surface area (Å²) in [6.45, 7) is 9.45. The zero-order valence-corrected chi connectivity index (χ0v) is 12.2. The molecule has 0 aliphatic carbocycles. The standard InChI is InChI=1S/C13H22B4/c1-8-11-9(12(2,14)16-4)6-5-7-10(11)13(3,15)17-8/h5-8,16-17H,14-15H2,1-4H3. The molecule has 17 heavy (non-hydrogen) atoms. The third-order valence-corrected chi connectivity index (χ3v) is 4.76. The SMILES string of the molecule is BC(C)(BC)c1cccc2c1C(C)BC2(B)C. The van der Waals surface area contributed by atoms with Gasteiger partial charge in [0.25, 0.3) is 0 Å². The fraction of sp³-hybridized carbons (Fsp3) is 0.538. The van der Waals surface area contributed by atoms with Gasteiger partial charge < -0.3 is 0 Å². The van der Waals surface area contributed by atoms with Crippen LogP contribution in [0.25, 0.3) is 0 Å². The normalized spacial score (nSPS) is 30.2. The van der Waals surface area contributed by atoms with E-state index in [0.717, 1.165) is 0 Å². The van der Waals surface area contributed by atoms with E-state index in [-0.39, 0.29) is 0 Å². The predicted octanol–water partition coefficient (Wildman–Crippen LogP) is 0.294. The fourth-order valence-corrected chi connectivity index (χ4v) is 3.44. The molecular formula is C13H22B4. The lowest BCUT2D eigenvalue weighted by molar-refractivity contribution is 0.901. The van der Waals surface area contributed by atoms with Crippen LogP contribution in [-0.4, -0.2) is 30.3 Å². The summed E-state index contributed by atoms with van der Waals surface area (Å²) in [5, 5.41) is 0.661. The first-order valence-corrected chi connectivity index (χ1v) is 6.93. The third kappa shape index (κ3) is 2.00. The van der Waals surface area contributed by atoms with Crippen molar-refractivity contribution in [1.82, 2.24) is 0 Å². The van der Waals surface area contributed by atoms with E-state index in [2.05, 4.69) is 61.5 Å². The second-order valence-corrected chi connectivity index (χ2v) is 6.99. The van der Waals surface area contributed by atoms with Gasteiger partial charge in [0.15, 0.2) is 0 Å². The molecule has 0 N–H and O–H groups in total. The molecular weight excluding hydrogens is 199 g/mol. The van der Waals surface area contributed by atoms with Gasteiger partial charge in [0.2, 0.25) is 0 Å². The number of benzene rings is 1. The number of fused-ring (bicyclic) bond motifs is 1. The van der Waals surface area contributed by atoms with Gasteiger partial charge in [-0.2, -0.15) is 0 Å². The van der Waals surface area contributed by atoms with Crippen molar-refractivity contribution in [3.63, 3.8) is 0 Å². The molecule has 1 heterocycles. The largest absolute Gasteiger partial charge is 0.132 e. The Balaban J connectivity index is 2.63. The summed E-state index contributed by atoms with van der Waals surface area (Å²) < 4.78 is 0. The summed E-state index contributed by atoms with van der Waals surface area (Å²) in [6, 6.07) is 6.94. The molecule has 0 amide bonds. The van der Waals surface area contributed by atoms with E-state index in [0.29, 0.717) is 16.2 Å². The molecule has 86 valence electrons. The van der Waals surface area contributed by atoms with Gasteiger partial charge in [0.1, 0.15) is 30.3 Å². The third-order valence-electron chi connectivity index (χ3n) is 4.76. The van der Waals surface area contributed by atoms with E-state index < -0.39 is 0 Å². The van der Waals surface area contributed by atoms with Crippen LogP contribution in [0.2, 0.25) is 6.82 Å². The number of hydrogen-bond acceptors (Lipinski definition) is 0. The van der Waals surface area contributed by atoms with Crippen molar-refractivity contribution in [2.45, 2.75) is 43.8 Å². The Morgan fingerprint density at radius 3 is 2.71 bits per heavy atom. The van der Waals surface area contributed by atoms with Crippen molar-refractivity contribution in [2.75, 3.05) is 0 Å². The molecule has 4 heteroatoms. The molecule has 1 aromatic rings. The molecule has 0 aromatic heterocycles. The quantitative estimate of drug-likeness (QED) is 0.630. The molecule has 0 saturated heterocycles. The first-order valence-electron chi connectivity index (χ1n) is 6.93. The highest BCUT2D eigenvalue weighted by Gasteiger charge is 2.38. The fourth-order valence-electron chi connectivity index (χ4n) is 3.44. The number of hydrogen-bond donors (Lipinski definition) is 0. The van der Waals surface area contributed by atoms with Crippen LogP contribution in [0.1, 0.15) is 43.3 Å². The van der Waals surface area contributed by atoms with E-state index in [4.69, 9.17) is 0 Å². The summed E-state index contributed by atoms with van der Waals surface area (Å²) in [6.07, 6.45) is 0. The second-order valence-electron chi connectivity index (χ2n) is 6.99. The Morgan fingerprint density at radius 2 is 2.12 bits per heavy atom. The van der Waals surface area contributed by atoms with Gasteiger partial charge in [-0.1, -0.05) is 67.3 Å². The molecule has 0 fully saturated rings. The Kier molecular flexibility index (Phi) is 3.04. The van der Waals surface area contributed by atoms with Crippen LogP contribution < -0.4 is 0 Å². The topological polar surface area (TPSA) is 0 Å². The minimum atomic E-state index is 0.306. The molecule has 2 rings (SSSR count). The summed E-state index contributed by atoms with van der Waals surface area (Å²) in [4.78, 5) is 0. The molecule has 0 bridgehead atoms. The molecule has 1 aliphatic heterocycles. The summed E-state index contributed by atoms with van der Waals surface area (Å²) in [7, 11) is 7.26. The highest BCUT2D eigenvalue weighted by molar-refractivity contribution is 6.57. The van der Waals surface area contributed by atoms with Crippen LogP contribution in [0, 0.1) is 0 Å². The molecule has 1 aromatic carbocycles. The average Bonchev–Trinajstić information content (AvgIpc) is 2.50. The molecule has 3 unspecified atom stereocenters. The predicted molar refractivity (Wildman–Crippen MR) is 86.8 cm³/mol. The highest BCUT2D eigenvalue weighted by Crippen LogP contribution is 2.42. The molecule has 1 aliphatic rings. The first-order chi connectivity index (χ1) is 7.79. The molecule has 0 radical (unpaired) electrons. The van der Waals surface area contributed by atoms with Crippen molar-refractivity contribution < 1.29 is 0 Å². The van der Waals surface area contributed by atoms with Gasteiger partial charge >= 0.3 is 0 Å².